The van der Waals surface area contributed by atoms with Crippen LogP contribution in [0.4, 0.5) is 0 Å². The van der Waals surface area contributed by atoms with E-state index in [1.54, 1.807) is 14.0 Å². The number of Topliss-reactive ketones (excluding diaryl/α,β-unsaturated/α-hetero) is 1. The zero-order valence-electron chi connectivity index (χ0n) is 11.6. The topological polar surface area (TPSA) is 44.1 Å². The van der Waals surface area contributed by atoms with Gasteiger partial charge in [0.1, 0.15) is 15.2 Å². The van der Waals surface area contributed by atoms with Crippen molar-refractivity contribution in [2.24, 2.45) is 0 Å². The number of carbonyl (C=O) groups is 1. The summed E-state index contributed by atoms with van der Waals surface area (Å²) in [6.07, 6.45) is 0. The first-order valence-electron chi connectivity index (χ1n) is 6.38. The van der Waals surface area contributed by atoms with Crippen molar-refractivity contribution in [1.29, 1.82) is 0 Å². The monoisotopic (exact) mass is 364 g/mol. The maximum atomic E-state index is 11.5. The van der Waals surface area contributed by atoms with E-state index in [1.165, 1.54) is 11.3 Å². The molecule has 3 aromatic rings. The van der Waals surface area contributed by atoms with E-state index in [1.807, 2.05) is 35.0 Å². The van der Waals surface area contributed by atoms with Crippen LogP contribution in [0.25, 0.3) is 10.2 Å². The molecule has 3 rings (SSSR count). The van der Waals surface area contributed by atoms with Gasteiger partial charge in [0.25, 0.3) is 0 Å². The summed E-state index contributed by atoms with van der Waals surface area (Å²) in [5.41, 5.74) is 1.13. The molecule has 0 saturated carbocycles. The van der Waals surface area contributed by atoms with Crippen LogP contribution < -0.4 is 4.74 Å². The lowest BCUT2D eigenvalue weighted by Gasteiger charge is -2.04. The molecule has 2 heterocycles. The summed E-state index contributed by atoms with van der Waals surface area (Å²) in [6.45, 7) is 2.24. The minimum Gasteiger partial charge on any atom is -0.497 e. The van der Waals surface area contributed by atoms with Gasteiger partial charge in [0.05, 0.1) is 18.5 Å². The van der Waals surface area contributed by atoms with Crippen molar-refractivity contribution in [2.75, 3.05) is 7.11 Å². The number of benzene rings is 1. The van der Waals surface area contributed by atoms with E-state index in [2.05, 4.69) is 21.0 Å². The second-order valence-corrected chi connectivity index (χ2v) is 6.46. The SMILES string of the molecule is COc1ccc(Cn2nc(Br)c3cc(C(C)=O)sc32)cc1. The number of hydrogen-bond donors (Lipinski definition) is 0. The van der Waals surface area contributed by atoms with Gasteiger partial charge >= 0.3 is 0 Å². The third-order valence-electron chi connectivity index (χ3n) is 3.22. The normalized spacial score (nSPS) is 11.0. The highest BCUT2D eigenvalue weighted by molar-refractivity contribution is 9.10. The predicted molar refractivity (Wildman–Crippen MR) is 87.4 cm³/mol. The highest BCUT2D eigenvalue weighted by Crippen LogP contribution is 2.32. The largest absolute Gasteiger partial charge is 0.497 e. The van der Waals surface area contributed by atoms with Gasteiger partial charge in [-0.2, -0.15) is 5.10 Å². The smallest absolute Gasteiger partial charge is 0.169 e. The number of carbonyl (C=O) groups excluding carboxylic acids is 1. The molecule has 0 amide bonds. The lowest BCUT2D eigenvalue weighted by Crippen LogP contribution is -2.00. The number of fused-ring (bicyclic) bond motifs is 1. The van der Waals surface area contributed by atoms with Gasteiger partial charge in [-0.3, -0.25) is 4.79 Å². The Labute approximate surface area is 134 Å². The first-order valence-corrected chi connectivity index (χ1v) is 7.99. The zero-order chi connectivity index (χ0) is 15.0. The molecule has 2 aromatic heterocycles. The van der Waals surface area contributed by atoms with Gasteiger partial charge in [0, 0.05) is 5.39 Å². The lowest BCUT2D eigenvalue weighted by atomic mass is 10.2. The van der Waals surface area contributed by atoms with Crippen LogP contribution in [0.1, 0.15) is 22.2 Å². The number of methoxy groups -OCH3 is 1. The van der Waals surface area contributed by atoms with E-state index < -0.39 is 0 Å². The molecule has 0 N–H and O–H groups in total. The Morgan fingerprint density at radius 1 is 1.38 bits per heavy atom. The number of ketones is 1. The summed E-state index contributed by atoms with van der Waals surface area (Å²) in [6, 6.07) is 9.78. The van der Waals surface area contributed by atoms with E-state index >= 15 is 0 Å². The average Bonchev–Trinajstić information content (AvgIpc) is 3.02. The second kappa shape index (κ2) is 5.61. The fourth-order valence-electron chi connectivity index (χ4n) is 2.11. The Kier molecular flexibility index (Phi) is 3.82. The van der Waals surface area contributed by atoms with Crippen molar-refractivity contribution in [3.63, 3.8) is 0 Å². The maximum absolute atomic E-state index is 11.5. The van der Waals surface area contributed by atoms with Crippen LogP contribution in [0, 0.1) is 0 Å². The fourth-order valence-corrected chi connectivity index (χ4v) is 3.74. The molecule has 0 atom stereocenters. The average molecular weight is 365 g/mol. The summed E-state index contributed by atoms with van der Waals surface area (Å²) >= 11 is 4.94. The number of rotatable bonds is 4. The summed E-state index contributed by atoms with van der Waals surface area (Å²) in [5.74, 6) is 0.916. The molecule has 21 heavy (non-hydrogen) atoms. The Morgan fingerprint density at radius 2 is 2.10 bits per heavy atom. The third-order valence-corrected chi connectivity index (χ3v) is 5.05. The highest BCUT2D eigenvalue weighted by atomic mass is 79.9. The van der Waals surface area contributed by atoms with E-state index in [0.29, 0.717) is 6.54 Å². The Hall–Kier alpha value is -1.66. The maximum Gasteiger partial charge on any atom is 0.169 e. The summed E-state index contributed by atoms with van der Waals surface area (Å²) in [5, 5.41) is 5.47. The summed E-state index contributed by atoms with van der Waals surface area (Å²) in [7, 11) is 1.65. The third kappa shape index (κ3) is 2.73. The van der Waals surface area contributed by atoms with Gasteiger partial charge in [-0.1, -0.05) is 12.1 Å². The quantitative estimate of drug-likeness (QED) is 0.654. The van der Waals surface area contributed by atoms with Crippen molar-refractivity contribution in [3.8, 4) is 5.75 Å². The van der Waals surface area contributed by atoms with Crippen LogP contribution >= 0.6 is 27.3 Å². The van der Waals surface area contributed by atoms with Crippen LogP contribution in [0.2, 0.25) is 0 Å². The molecule has 0 unspecified atom stereocenters. The minimum absolute atomic E-state index is 0.0825. The molecule has 6 heteroatoms. The number of hydrogen-bond acceptors (Lipinski definition) is 4. The molecule has 108 valence electrons. The molecule has 0 aliphatic heterocycles. The number of ether oxygens (including phenoxy) is 1. The minimum atomic E-state index is 0.0825. The first kappa shape index (κ1) is 14.3. The molecule has 0 fully saturated rings. The van der Waals surface area contributed by atoms with Crippen molar-refractivity contribution in [3.05, 3.63) is 45.4 Å². The van der Waals surface area contributed by atoms with Crippen LogP contribution in [0.5, 0.6) is 5.75 Å². The lowest BCUT2D eigenvalue weighted by molar-refractivity contribution is 0.102. The van der Waals surface area contributed by atoms with E-state index in [-0.39, 0.29) is 5.78 Å². The van der Waals surface area contributed by atoms with Crippen LogP contribution in [0.15, 0.2) is 34.9 Å². The number of thiophene rings is 1. The molecule has 0 bridgehead atoms. The van der Waals surface area contributed by atoms with Crippen LogP contribution in [0.3, 0.4) is 0 Å². The molecular weight excluding hydrogens is 352 g/mol. The molecule has 0 saturated heterocycles. The number of halogens is 1. The highest BCUT2D eigenvalue weighted by Gasteiger charge is 2.15. The molecule has 0 aliphatic carbocycles. The Bertz CT molecular complexity index is 805. The van der Waals surface area contributed by atoms with Gasteiger partial charge in [-0.25, -0.2) is 4.68 Å². The van der Waals surface area contributed by atoms with Crippen LogP contribution in [-0.2, 0) is 6.54 Å². The van der Waals surface area contributed by atoms with Gasteiger partial charge in [-0.05, 0) is 46.6 Å². The van der Waals surface area contributed by atoms with E-state index in [9.17, 15) is 4.79 Å². The second-order valence-electron chi connectivity index (χ2n) is 4.68. The summed E-state index contributed by atoms with van der Waals surface area (Å²) < 4.78 is 7.85. The predicted octanol–water partition coefficient (Wildman–Crippen LogP) is 4.12. The molecule has 1 aromatic carbocycles. The molecular formula is C15H13BrN2O2S. The zero-order valence-corrected chi connectivity index (χ0v) is 14.0. The van der Waals surface area contributed by atoms with Crippen molar-refractivity contribution < 1.29 is 9.53 Å². The van der Waals surface area contributed by atoms with Gasteiger partial charge in [-0.15, -0.1) is 11.3 Å². The van der Waals surface area contributed by atoms with Gasteiger partial charge in [0.2, 0.25) is 0 Å². The molecule has 4 nitrogen and oxygen atoms in total. The summed E-state index contributed by atoms with van der Waals surface area (Å²) in [4.78, 5) is 13.3. The number of aromatic nitrogens is 2. The molecule has 0 spiro atoms. The van der Waals surface area contributed by atoms with E-state index in [0.717, 1.165) is 31.0 Å². The van der Waals surface area contributed by atoms with Gasteiger partial charge < -0.3 is 4.74 Å². The van der Waals surface area contributed by atoms with Crippen molar-refractivity contribution in [1.82, 2.24) is 9.78 Å². The first-order chi connectivity index (χ1) is 10.1. The standard InChI is InChI=1S/C15H13BrN2O2S/c1-9(19)13-7-12-14(16)17-18(15(12)21-13)8-10-3-5-11(20-2)6-4-10/h3-7H,8H2,1-2H3. The fraction of sp³-hybridized carbons (Fsp3) is 0.200. The van der Waals surface area contributed by atoms with E-state index in [4.69, 9.17) is 4.74 Å². The molecule has 0 aliphatic rings. The Morgan fingerprint density at radius 3 is 2.71 bits per heavy atom. The van der Waals surface area contributed by atoms with Crippen molar-refractivity contribution in [2.45, 2.75) is 13.5 Å². The van der Waals surface area contributed by atoms with Crippen molar-refractivity contribution >= 4 is 43.3 Å². The van der Waals surface area contributed by atoms with Gasteiger partial charge in [0.15, 0.2) is 5.78 Å². The van der Waals surface area contributed by atoms with Crippen LogP contribution in [-0.4, -0.2) is 22.7 Å². The Balaban J connectivity index is 1.97. The molecule has 0 radical (unpaired) electrons. The number of nitrogens with zero attached hydrogens (tertiary/aromatic N) is 2.